The largest absolute Gasteiger partial charge is 0.481 e. The Kier molecular flexibility index (Phi) is 7.60. The Morgan fingerprint density at radius 3 is 2.61 bits per heavy atom. The number of amides is 1. The van der Waals surface area contributed by atoms with Crippen molar-refractivity contribution in [3.05, 3.63) is 58.8 Å². The summed E-state index contributed by atoms with van der Waals surface area (Å²) in [5.41, 5.74) is -0.773. The zero-order chi connectivity index (χ0) is 23.2. The number of rotatable bonds is 8. The van der Waals surface area contributed by atoms with Crippen molar-refractivity contribution in [2.24, 2.45) is 0 Å². The van der Waals surface area contributed by atoms with E-state index in [1.54, 1.807) is 12.1 Å². The highest BCUT2D eigenvalue weighted by Crippen LogP contribution is 2.30. The Balaban J connectivity index is 2.31. The smallest absolute Gasteiger partial charge is 0.433 e. The summed E-state index contributed by atoms with van der Waals surface area (Å²) in [6.45, 7) is 1.51. The van der Waals surface area contributed by atoms with E-state index in [0.29, 0.717) is 11.6 Å². The van der Waals surface area contributed by atoms with E-state index in [9.17, 15) is 26.4 Å². The molecule has 8 nitrogen and oxygen atoms in total. The van der Waals surface area contributed by atoms with Gasteiger partial charge in [-0.2, -0.15) is 13.2 Å². The number of carbonyl (C=O) groups excluding carboxylic acids is 1. The van der Waals surface area contributed by atoms with E-state index in [2.05, 4.69) is 20.6 Å². The summed E-state index contributed by atoms with van der Waals surface area (Å²) >= 11 is 0. The number of nitrogens with zero attached hydrogens (tertiary/aromatic N) is 2. The molecule has 1 amide bonds. The van der Waals surface area contributed by atoms with Crippen LogP contribution in [0.15, 0.2) is 41.9 Å². The molecule has 2 heterocycles. The normalized spacial score (nSPS) is 13.1. The average Bonchev–Trinajstić information content (AvgIpc) is 2.69. The highest BCUT2D eigenvalue weighted by atomic mass is 32.2. The lowest BCUT2D eigenvalue weighted by Crippen LogP contribution is -2.32. The minimum Gasteiger partial charge on any atom is -0.481 e. The van der Waals surface area contributed by atoms with E-state index >= 15 is 0 Å². The minimum atomic E-state index is -4.71. The predicted octanol–water partition coefficient (Wildman–Crippen LogP) is 2.79. The summed E-state index contributed by atoms with van der Waals surface area (Å²) in [5, 5.41) is 6.15. The van der Waals surface area contributed by atoms with Gasteiger partial charge in [-0.25, -0.2) is 18.4 Å². The lowest BCUT2D eigenvalue weighted by molar-refractivity contribution is -0.141. The van der Waals surface area contributed by atoms with Crippen LogP contribution in [0.2, 0.25) is 0 Å². The zero-order valence-electron chi connectivity index (χ0n) is 16.9. The first-order valence-electron chi connectivity index (χ1n) is 8.90. The molecule has 0 radical (unpaired) electrons. The minimum absolute atomic E-state index is 0.00482. The molecule has 168 valence electrons. The summed E-state index contributed by atoms with van der Waals surface area (Å²) in [7, 11) is -1.99. The molecule has 1 atom stereocenters. The van der Waals surface area contributed by atoms with Gasteiger partial charge in [-0.05, 0) is 25.1 Å². The average molecular weight is 458 g/mol. The van der Waals surface area contributed by atoms with Crippen LogP contribution in [0.1, 0.15) is 28.5 Å². The van der Waals surface area contributed by atoms with Crippen LogP contribution in [0.4, 0.5) is 19.0 Å². The summed E-state index contributed by atoms with van der Waals surface area (Å²) in [6, 6.07) is 4.28. The topological polar surface area (TPSA) is 110 Å². The number of alkyl halides is 3. The summed E-state index contributed by atoms with van der Waals surface area (Å²) in [6.07, 6.45) is -0.969. The molecule has 0 aliphatic heterocycles. The molecule has 0 aromatic carbocycles. The molecular weight excluding hydrogens is 437 g/mol. The van der Waals surface area contributed by atoms with Crippen LogP contribution >= 0.6 is 0 Å². The van der Waals surface area contributed by atoms with Crippen LogP contribution in [0.3, 0.4) is 0 Å². The van der Waals surface area contributed by atoms with Gasteiger partial charge in [-0.1, -0.05) is 12.1 Å². The zero-order valence-corrected chi connectivity index (χ0v) is 17.7. The summed E-state index contributed by atoms with van der Waals surface area (Å²) in [5.74, 6) is -0.752. The number of ether oxygens (including phenoxy) is 1. The van der Waals surface area contributed by atoms with Gasteiger partial charge >= 0.3 is 6.18 Å². The van der Waals surface area contributed by atoms with Crippen LogP contribution in [0.25, 0.3) is 0 Å². The molecule has 12 heteroatoms. The molecule has 0 spiro atoms. The maximum Gasteiger partial charge on any atom is 0.433 e. The number of sulfone groups is 1. The van der Waals surface area contributed by atoms with Crippen molar-refractivity contribution in [3.63, 3.8) is 0 Å². The first kappa shape index (κ1) is 24.1. The van der Waals surface area contributed by atoms with E-state index in [1.807, 2.05) is 0 Å². The van der Waals surface area contributed by atoms with Crippen LogP contribution in [-0.2, 0) is 22.6 Å². The van der Waals surface area contributed by atoms with E-state index in [1.165, 1.54) is 26.3 Å². The Hall–Kier alpha value is -3.15. The van der Waals surface area contributed by atoms with Crippen molar-refractivity contribution in [3.8, 4) is 5.88 Å². The Morgan fingerprint density at radius 2 is 2.00 bits per heavy atom. The van der Waals surface area contributed by atoms with Crippen molar-refractivity contribution in [1.29, 1.82) is 0 Å². The number of carbonyl (C=O) groups is 1. The molecule has 0 saturated carbocycles. The second kappa shape index (κ2) is 9.77. The van der Waals surface area contributed by atoms with E-state index in [-0.39, 0.29) is 23.8 Å². The highest BCUT2D eigenvalue weighted by Gasteiger charge is 2.33. The van der Waals surface area contributed by atoms with Crippen LogP contribution in [-0.4, -0.2) is 43.7 Å². The molecule has 0 saturated heterocycles. The van der Waals surface area contributed by atoms with Crippen molar-refractivity contribution in [2.75, 3.05) is 18.7 Å². The van der Waals surface area contributed by atoms with Gasteiger partial charge in [0.2, 0.25) is 5.88 Å². The Labute approximate surface area is 177 Å². The number of nitrogens with one attached hydrogen (secondary N) is 2. The molecule has 0 aliphatic carbocycles. The molecule has 0 aliphatic rings. The van der Waals surface area contributed by atoms with E-state index in [4.69, 9.17) is 4.74 Å². The van der Waals surface area contributed by atoms with Gasteiger partial charge in [-0.3, -0.25) is 4.79 Å². The number of aromatic nitrogens is 2. The van der Waals surface area contributed by atoms with E-state index in [0.717, 1.165) is 17.7 Å². The summed E-state index contributed by atoms with van der Waals surface area (Å²) in [4.78, 5) is 20.2. The van der Waals surface area contributed by atoms with Crippen molar-refractivity contribution < 1.29 is 31.1 Å². The third-order valence-corrected chi connectivity index (χ3v) is 4.54. The van der Waals surface area contributed by atoms with Gasteiger partial charge in [0.15, 0.2) is 9.84 Å². The highest BCUT2D eigenvalue weighted by molar-refractivity contribution is 7.93. The SMILES string of the molecule is COc1ncccc1CNc1nc(C(F)(F)F)ccc1C(=O)N[C@@H](C)/C=C/S(C)(=O)=O. The van der Waals surface area contributed by atoms with Crippen molar-refractivity contribution in [1.82, 2.24) is 15.3 Å². The van der Waals surface area contributed by atoms with Gasteiger partial charge in [0.1, 0.15) is 11.5 Å². The molecule has 2 aromatic heterocycles. The lowest BCUT2D eigenvalue weighted by atomic mass is 10.2. The number of methoxy groups -OCH3 is 1. The second-order valence-corrected chi connectivity index (χ2v) is 8.47. The molecule has 0 fully saturated rings. The molecule has 31 heavy (non-hydrogen) atoms. The van der Waals surface area contributed by atoms with Crippen molar-refractivity contribution in [2.45, 2.75) is 25.7 Å². The molecule has 2 rings (SSSR count). The number of hydrogen-bond acceptors (Lipinski definition) is 7. The predicted molar refractivity (Wildman–Crippen MR) is 108 cm³/mol. The fourth-order valence-corrected chi connectivity index (χ4v) is 2.97. The lowest BCUT2D eigenvalue weighted by Gasteiger charge is -2.16. The van der Waals surface area contributed by atoms with Gasteiger partial charge in [0.25, 0.3) is 5.91 Å². The monoisotopic (exact) mass is 458 g/mol. The van der Waals surface area contributed by atoms with Crippen LogP contribution in [0.5, 0.6) is 5.88 Å². The van der Waals surface area contributed by atoms with Crippen LogP contribution < -0.4 is 15.4 Å². The van der Waals surface area contributed by atoms with Gasteiger partial charge in [0.05, 0.1) is 12.7 Å². The Morgan fingerprint density at radius 1 is 1.29 bits per heavy atom. The quantitative estimate of drug-likeness (QED) is 0.626. The van der Waals surface area contributed by atoms with Crippen LogP contribution in [0, 0.1) is 0 Å². The number of anilines is 1. The third kappa shape index (κ3) is 7.24. The standard InChI is InChI=1S/C19H21F3N4O4S/c1-12(8-10-31(3,28)29)25-17(27)14-6-7-15(19(20,21)22)26-16(14)24-11-13-5-4-9-23-18(13)30-2/h4-10,12H,11H2,1-3H3,(H,24,26)(H,25,27)/b10-8+/t12-/m0/s1. The second-order valence-electron chi connectivity index (χ2n) is 6.54. The van der Waals surface area contributed by atoms with Crippen molar-refractivity contribution >= 4 is 21.6 Å². The molecule has 0 bridgehead atoms. The number of halogens is 3. The van der Waals surface area contributed by atoms with E-state index < -0.39 is 33.7 Å². The molecule has 0 unspecified atom stereocenters. The molecule has 2 aromatic rings. The van der Waals surface area contributed by atoms with Gasteiger partial charge in [-0.15, -0.1) is 0 Å². The van der Waals surface area contributed by atoms with Gasteiger partial charge < -0.3 is 15.4 Å². The maximum absolute atomic E-state index is 13.1. The maximum atomic E-state index is 13.1. The number of pyridine rings is 2. The fourth-order valence-electron chi connectivity index (χ4n) is 2.45. The summed E-state index contributed by atoms with van der Waals surface area (Å²) < 4.78 is 66.9. The van der Waals surface area contributed by atoms with Gasteiger partial charge in [0, 0.05) is 36.0 Å². The Bertz CT molecular complexity index is 1070. The number of hydrogen-bond donors (Lipinski definition) is 2. The third-order valence-electron chi connectivity index (χ3n) is 3.89. The first-order valence-corrected chi connectivity index (χ1v) is 10.9. The first-order chi connectivity index (χ1) is 14.4. The molecular formula is C19H21F3N4O4S. The molecule has 2 N–H and O–H groups in total. The fraction of sp³-hybridized carbons (Fsp3) is 0.316.